The molecule has 0 fully saturated rings. The molecule has 1 unspecified atom stereocenters. The lowest BCUT2D eigenvalue weighted by Gasteiger charge is -2.11. The summed E-state index contributed by atoms with van der Waals surface area (Å²) in [7, 11) is 1.87. The van der Waals surface area contributed by atoms with E-state index in [1.807, 2.05) is 18.5 Å². The average molecular weight is 285 g/mol. The summed E-state index contributed by atoms with van der Waals surface area (Å²) in [4.78, 5) is 0. The number of ether oxygens (including phenoxy) is 1. The van der Waals surface area contributed by atoms with E-state index in [0.29, 0.717) is 0 Å². The van der Waals surface area contributed by atoms with E-state index in [1.54, 1.807) is 30.2 Å². The fourth-order valence-electron chi connectivity index (χ4n) is 1.53. The minimum Gasteiger partial charge on any atom is -0.435 e. The summed E-state index contributed by atoms with van der Waals surface area (Å²) in [6.45, 7) is -0.779. The molecule has 7 heteroatoms. The van der Waals surface area contributed by atoms with Crippen molar-refractivity contribution in [2.24, 2.45) is 7.05 Å². The van der Waals surface area contributed by atoms with Crippen molar-refractivity contribution < 1.29 is 13.5 Å². The predicted molar refractivity (Wildman–Crippen MR) is 68.3 cm³/mol. The standard InChI is InChI=1S/C12H13F2N3OS/c1-8(19-12-16-15-7-17(12)2)9-3-5-10(6-4-9)18-11(13)14/h3-8,11H,1-2H3. The molecule has 0 bridgehead atoms. The van der Waals surface area contributed by atoms with Gasteiger partial charge in [-0.15, -0.1) is 10.2 Å². The zero-order valence-electron chi connectivity index (χ0n) is 10.5. The second-order valence-electron chi connectivity index (χ2n) is 3.93. The first-order chi connectivity index (χ1) is 9.06. The maximum Gasteiger partial charge on any atom is 0.387 e. The molecule has 1 aromatic carbocycles. The first kappa shape index (κ1) is 13.8. The highest BCUT2D eigenvalue weighted by molar-refractivity contribution is 7.99. The third-order valence-electron chi connectivity index (χ3n) is 2.53. The number of halogens is 2. The Bertz CT molecular complexity index is 530. The fourth-order valence-corrected chi connectivity index (χ4v) is 2.44. The second kappa shape index (κ2) is 6.01. The summed E-state index contributed by atoms with van der Waals surface area (Å²) in [6.07, 6.45) is 1.63. The number of hydrogen-bond acceptors (Lipinski definition) is 4. The van der Waals surface area contributed by atoms with Gasteiger partial charge in [-0.3, -0.25) is 0 Å². The number of nitrogens with zero attached hydrogens (tertiary/aromatic N) is 3. The fraction of sp³-hybridized carbons (Fsp3) is 0.333. The molecule has 102 valence electrons. The van der Waals surface area contributed by atoms with Crippen molar-refractivity contribution >= 4 is 11.8 Å². The summed E-state index contributed by atoms with van der Waals surface area (Å²) < 4.78 is 30.2. The Balaban J connectivity index is 2.03. The zero-order valence-corrected chi connectivity index (χ0v) is 11.3. The largest absolute Gasteiger partial charge is 0.435 e. The topological polar surface area (TPSA) is 39.9 Å². The highest BCUT2D eigenvalue weighted by atomic mass is 32.2. The quantitative estimate of drug-likeness (QED) is 0.790. The van der Waals surface area contributed by atoms with E-state index in [0.717, 1.165) is 10.7 Å². The summed E-state index contributed by atoms with van der Waals surface area (Å²) in [5, 5.41) is 8.74. The van der Waals surface area contributed by atoms with Crippen LogP contribution in [0.4, 0.5) is 8.78 Å². The molecule has 0 amide bonds. The molecular formula is C12H13F2N3OS. The Hall–Kier alpha value is -1.63. The highest BCUT2D eigenvalue weighted by Crippen LogP contribution is 2.33. The van der Waals surface area contributed by atoms with Gasteiger partial charge in [-0.2, -0.15) is 8.78 Å². The molecule has 19 heavy (non-hydrogen) atoms. The number of alkyl halides is 2. The van der Waals surface area contributed by atoms with Crippen LogP contribution in [0.15, 0.2) is 35.7 Å². The van der Waals surface area contributed by atoms with Crippen molar-refractivity contribution in [3.05, 3.63) is 36.2 Å². The Morgan fingerprint density at radius 2 is 1.95 bits per heavy atom. The van der Waals surface area contributed by atoms with Gasteiger partial charge >= 0.3 is 6.61 Å². The maximum atomic E-state index is 12.0. The van der Waals surface area contributed by atoms with Gasteiger partial charge in [0.05, 0.1) is 0 Å². The third kappa shape index (κ3) is 3.66. The van der Waals surface area contributed by atoms with Crippen LogP contribution in [0.25, 0.3) is 0 Å². The minimum absolute atomic E-state index is 0.142. The molecule has 0 N–H and O–H groups in total. The molecule has 0 aliphatic rings. The molecule has 0 aliphatic carbocycles. The lowest BCUT2D eigenvalue weighted by Crippen LogP contribution is -2.01. The molecule has 0 aliphatic heterocycles. The summed E-state index contributed by atoms with van der Waals surface area (Å²) >= 11 is 1.55. The lowest BCUT2D eigenvalue weighted by molar-refractivity contribution is -0.0498. The van der Waals surface area contributed by atoms with Crippen LogP contribution in [0.1, 0.15) is 17.7 Å². The second-order valence-corrected chi connectivity index (χ2v) is 5.24. The predicted octanol–water partition coefficient (Wildman–Crippen LogP) is 3.27. The first-order valence-corrected chi connectivity index (χ1v) is 6.49. The van der Waals surface area contributed by atoms with Gasteiger partial charge in [0.2, 0.25) is 0 Å². The van der Waals surface area contributed by atoms with E-state index in [2.05, 4.69) is 14.9 Å². The molecule has 2 rings (SSSR count). The maximum absolute atomic E-state index is 12.0. The van der Waals surface area contributed by atoms with E-state index in [-0.39, 0.29) is 11.0 Å². The molecule has 0 spiro atoms. The smallest absolute Gasteiger partial charge is 0.387 e. The van der Waals surface area contributed by atoms with E-state index in [1.165, 1.54) is 12.1 Å². The van der Waals surface area contributed by atoms with E-state index >= 15 is 0 Å². The van der Waals surface area contributed by atoms with E-state index in [4.69, 9.17) is 0 Å². The molecule has 4 nitrogen and oxygen atoms in total. The van der Waals surface area contributed by atoms with Crippen molar-refractivity contribution in [1.82, 2.24) is 14.8 Å². The number of aryl methyl sites for hydroxylation is 1. The van der Waals surface area contributed by atoms with E-state index < -0.39 is 6.61 Å². The van der Waals surface area contributed by atoms with Crippen LogP contribution < -0.4 is 4.74 Å². The molecule has 0 saturated heterocycles. The number of hydrogen-bond donors (Lipinski definition) is 0. The van der Waals surface area contributed by atoms with Crippen molar-refractivity contribution in [2.75, 3.05) is 0 Å². The van der Waals surface area contributed by atoms with Crippen molar-refractivity contribution in [3.8, 4) is 5.75 Å². The summed E-state index contributed by atoms with van der Waals surface area (Å²) in [5.41, 5.74) is 1.01. The summed E-state index contributed by atoms with van der Waals surface area (Å²) in [6, 6.07) is 6.61. The molecular weight excluding hydrogens is 272 g/mol. The Labute approximate surface area is 113 Å². The van der Waals surface area contributed by atoms with Gasteiger partial charge in [-0.05, 0) is 24.6 Å². The Morgan fingerprint density at radius 1 is 1.26 bits per heavy atom. The molecule has 2 aromatic rings. The normalized spacial score (nSPS) is 12.7. The van der Waals surface area contributed by atoms with Crippen LogP contribution in [0, 0.1) is 0 Å². The van der Waals surface area contributed by atoms with Crippen LogP contribution in [-0.2, 0) is 7.05 Å². The van der Waals surface area contributed by atoms with Crippen LogP contribution in [0.5, 0.6) is 5.75 Å². The zero-order chi connectivity index (χ0) is 13.8. The van der Waals surface area contributed by atoms with Crippen molar-refractivity contribution in [2.45, 2.75) is 23.9 Å². The summed E-state index contributed by atoms with van der Waals surface area (Å²) in [5.74, 6) is 0.162. The van der Waals surface area contributed by atoms with Crippen LogP contribution in [0.2, 0.25) is 0 Å². The van der Waals surface area contributed by atoms with Gasteiger partial charge in [0.25, 0.3) is 0 Å². The first-order valence-electron chi connectivity index (χ1n) is 5.61. The monoisotopic (exact) mass is 285 g/mol. The number of thioether (sulfide) groups is 1. The number of aromatic nitrogens is 3. The van der Waals surface area contributed by atoms with Crippen LogP contribution in [0.3, 0.4) is 0 Å². The SMILES string of the molecule is CC(Sc1nncn1C)c1ccc(OC(F)F)cc1. The van der Waals surface area contributed by atoms with Gasteiger partial charge in [0, 0.05) is 12.3 Å². The average Bonchev–Trinajstić information content (AvgIpc) is 2.75. The Morgan fingerprint density at radius 3 is 2.47 bits per heavy atom. The third-order valence-corrected chi connectivity index (χ3v) is 3.73. The molecule has 0 saturated carbocycles. The van der Waals surface area contributed by atoms with Crippen molar-refractivity contribution in [1.29, 1.82) is 0 Å². The lowest BCUT2D eigenvalue weighted by atomic mass is 10.2. The van der Waals surface area contributed by atoms with E-state index in [9.17, 15) is 8.78 Å². The number of rotatable bonds is 5. The van der Waals surface area contributed by atoms with Crippen molar-refractivity contribution in [3.63, 3.8) is 0 Å². The number of benzene rings is 1. The molecule has 1 heterocycles. The van der Waals surface area contributed by atoms with Gasteiger partial charge in [0.1, 0.15) is 12.1 Å². The molecule has 0 radical (unpaired) electrons. The highest BCUT2D eigenvalue weighted by Gasteiger charge is 2.12. The van der Waals surface area contributed by atoms with Crippen LogP contribution in [-0.4, -0.2) is 21.4 Å². The molecule has 1 aromatic heterocycles. The van der Waals surface area contributed by atoms with Gasteiger partial charge in [-0.1, -0.05) is 23.9 Å². The molecule has 1 atom stereocenters. The van der Waals surface area contributed by atoms with Gasteiger partial charge in [-0.25, -0.2) is 0 Å². The van der Waals surface area contributed by atoms with Crippen LogP contribution >= 0.6 is 11.8 Å². The minimum atomic E-state index is -2.80. The Kier molecular flexibility index (Phi) is 4.36. The van der Waals surface area contributed by atoms with Gasteiger partial charge in [0.15, 0.2) is 5.16 Å². The van der Waals surface area contributed by atoms with Gasteiger partial charge < -0.3 is 9.30 Å².